The van der Waals surface area contributed by atoms with E-state index in [1.54, 1.807) is 24.3 Å². The van der Waals surface area contributed by atoms with E-state index in [2.05, 4.69) is 0 Å². The predicted octanol–water partition coefficient (Wildman–Crippen LogP) is 3.56. The molecule has 1 N–H and O–H groups in total. The molecule has 0 saturated carbocycles. The summed E-state index contributed by atoms with van der Waals surface area (Å²) in [6.45, 7) is 0.290. The number of carboxylic acids is 1. The van der Waals surface area contributed by atoms with Gasteiger partial charge >= 0.3 is 5.97 Å². The van der Waals surface area contributed by atoms with Crippen LogP contribution in [0, 0.1) is 0 Å². The third-order valence-corrected chi connectivity index (χ3v) is 5.92. The average Bonchev–Trinajstić information content (AvgIpc) is 2.70. The van der Waals surface area contributed by atoms with Gasteiger partial charge in [0.05, 0.1) is 10.6 Å². The van der Waals surface area contributed by atoms with Crippen LogP contribution in [-0.2, 0) is 21.2 Å². The molecule has 7 heteroatoms. The maximum absolute atomic E-state index is 12.3. The van der Waals surface area contributed by atoms with Crippen molar-refractivity contribution in [2.45, 2.75) is 17.9 Å². The second kappa shape index (κ2) is 6.90. The largest absolute Gasteiger partial charge is 0.489 e. The maximum Gasteiger partial charge on any atom is 0.331 e. The van der Waals surface area contributed by atoms with Crippen molar-refractivity contribution < 1.29 is 23.1 Å². The van der Waals surface area contributed by atoms with Crippen LogP contribution < -0.4 is 4.74 Å². The van der Waals surface area contributed by atoms with Gasteiger partial charge in [-0.05, 0) is 54.0 Å². The standard InChI is InChI=1S/C18H15ClO5S/c19-15-3-1-12(2-4-15)11-24-16-5-6-17-14(10-16)9-13(18(20)21)7-8-25(17,22)23/h1-6,9-10H,7-8,11H2,(H,20,21). The molecule has 0 fully saturated rings. The third-order valence-electron chi connectivity index (χ3n) is 3.88. The van der Waals surface area contributed by atoms with Gasteiger partial charge in [-0.1, -0.05) is 23.7 Å². The molecule has 2 aromatic rings. The van der Waals surface area contributed by atoms with Crippen LogP contribution in [0.2, 0.25) is 5.02 Å². The van der Waals surface area contributed by atoms with E-state index in [4.69, 9.17) is 16.3 Å². The van der Waals surface area contributed by atoms with Crippen LogP contribution in [0.3, 0.4) is 0 Å². The van der Waals surface area contributed by atoms with E-state index in [0.29, 0.717) is 16.3 Å². The van der Waals surface area contributed by atoms with Gasteiger partial charge in [0.25, 0.3) is 0 Å². The second-order valence-electron chi connectivity index (χ2n) is 5.66. The molecule has 0 unspecified atom stereocenters. The first-order valence-electron chi connectivity index (χ1n) is 7.53. The van der Waals surface area contributed by atoms with Crippen molar-refractivity contribution in [1.29, 1.82) is 0 Å². The van der Waals surface area contributed by atoms with Gasteiger partial charge in [0, 0.05) is 10.6 Å². The van der Waals surface area contributed by atoms with Crippen molar-refractivity contribution in [3.8, 4) is 5.75 Å². The number of benzene rings is 2. The first-order valence-corrected chi connectivity index (χ1v) is 9.56. The Morgan fingerprint density at radius 1 is 1.16 bits per heavy atom. The topological polar surface area (TPSA) is 80.7 Å². The first kappa shape index (κ1) is 17.5. The van der Waals surface area contributed by atoms with Crippen LogP contribution in [0.4, 0.5) is 0 Å². The number of ether oxygens (including phenoxy) is 1. The number of hydrogen-bond donors (Lipinski definition) is 1. The molecular weight excluding hydrogens is 364 g/mol. The highest BCUT2D eigenvalue weighted by molar-refractivity contribution is 7.91. The Balaban J connectivity index is 1.90. The SMILES string of the molecule is O=C(O)C1=Cc2cc(OCc3ccc(Cl)cc3)ccc2S(=O)(=O)CC1. The minimum absolute atomic E-state index is 0.0205. The highest BCUT2D eigenvalue weighted by atomic mass is 35.5. The zero-order chi connectivity index (χ0) is 18.0. The molecule has 2 aromatic carbocycles. The molecule has 0 spiro atoms. The molecule has 1 aliphatic rings. The Hall–Kier alpha value is -2.31. The molecule has 1 heterocycles. The number of rotatable bonds is 4. The average molecular weight is 379 g/mol. The summed E-state index contributed by atoms with van der Waals surface area (Å²) in [4.78, 5) is 11.4. The Bertz CT molecular complexity index is 946. The molecule has 0 bridgehead atoms. The Morgan fingerprint density at radius 2 is 1.88 bits per heavy atom. The van der Waals surface area contributed by atoms with Crippen LogP contribution in [-0.4, -0.2) is 25.2 Å². The summed E-state index contributed by atoms with van der Waals surface area (Å²) in [6, 6.07) is 11.8. The van der Waals surface area contributed by atoms with Gasteiger partial charge in [0.15, 0.2) is 9.84 Å². The lowest BCUT2D eigenvalue weighted by atomic mass is 10.1. The van der Waals surface area contributed by atoms with Gasteiger partial charge in [-0.25, -0.2) is 13.2 Å². The lowest BCUT2D eigenvalue weighted by molar-refractivity contribution is -0.132. The Kier molecular flexibility index (Phi) is 4.83. The summed E-state index contributed by atoms with van der Waals surface area (Å²) in [5.41, 5.74) is 1.31. The fraction of sp³-hybridized carbons (Fsp3) is 0.167. The fourth-order valence-electron chi connectivity index (χ4n) is 2.54. The van der Waals surface area contributed by atoms with Crippen LogP contribution in [0.15, 0.2) is 52.9 Å². The van der Waals surface area contributed by atoms with Crippen LogP contribution in [0.1, 0.15) is 17.5 Å². The first-order chi connectivity index (χ1) is 11.8. The van der Waals surface area contributed by atoms with Crippen molar-refractivity contribution in [3.05, 3.63) is 64.2 Å². The number of fused-ring (bicyclic) bond motifs is 1. The van der Waals surface area contributed by atoms with Crippen LogP contribution in [0.25, 0.3) is 6.08 Å². The monoisotopic (exact) mass is 378 g/mol. The molecule has 0 radical (unpaired) electrons. The van der Waals surface area contributed by atoms with E-state index in [1.165, 1.54) is 12.1 Å². The van der Waals surface area contributed by atoms with Crippen molar-refractivity contribution in [2.75, 3.05) is 5.75 Å². The quantitative estimate of drug-likeness (QED) is 0.879. The fourth-order valence-corrected chi connectivity index (χ4v) is 4.13. The molecule has 5 nitrogen and oxygen atoms in total. The zero-order valence-corrected chi connectivity index (χ0v) is 14.7. The van der Waals surface area contributed by atoms with Gasteiger partial charge in [-0.2, -0.15) is 0 Å². The molecule has 0 amide bonds. The summed E-state index contributed by atoms with van der Waals surface area (Å²) < 4.78 is 30.3. The van der Waals surface area contributed by atoms with E-state index in [1.807, 2.05) is 12.1 Å². The van der Waals surface area contributed by atoms with Crippen molar-refractivity contribution in [2.24, 2.45) is 0 Å². The zero-order valence-electron chi connectivity index (χ0n) is 13.1. The summed E-state index contributed by atoms with van der Waals surface area (Å²) in [5, 5.41) is 9.83. The predicted molar refractivity (Wildman–Crippen MR) is 94.5 cm³/mol. The smallest absolute Gasteiger partial charge is 0.331 e. The van der Waals surface area contributed by atoms with Crippen molar-refractivity contribution >= 4 is 33.5 Å². The van der Waals surface area contributed by atoms with Crippen molar-refractivity contribution in [1.82, 2.24) is 0 Å². The molecule has 3 rings (SSSR count). The highest BCUT2D eigenvalue weighted by Gasteiger charge is 2.24. The number of sulfone groups is 1. The summed E-state index contributed by atoms with van der Waals surface area (Å²) in [5.74, 6) is -0.870. The van der Waals surface area contributed by atoms with E-state index in [9.17, 15) is 18.3 Å². The minimum Gasteiger partial charge on any atom is -0.489 e. The van der Waals surface area contributed by atoms with E-state index in [-0.39, 0.29) is 29.2 Å². The minimum atomic E-state index is -3.52. The van der Waals surface area contributed by atoms with E-state index >= 15 is 0 Å². The maximum atomic E-state index is 12.3. The normalized spacial score (nSPS) is 15.6. The molecule has 0 atom stereocenters. The molecule has 130 valence electrons. The molecule has 0 aromatic heterocycles. The van der Waals surface area contributed by atoms with Gasteiger partial charge in [-0.15, -0.1) is 0 Å². The number of halogens is 1. The van der Waals surface area contributed by atoms with E-state index in [0.717, 1.165) is 5.56 Å². The summed E-state index contributed by atoms with van der Waals surface area (Å²) in [7, 11) is -3.52. The molecule has 25 heavy (non-hydrogen) atoms. The van der Waals surface area contributed by atoms with E-state index < -0.39 is 15.8 Å². The molecular formula is C18H15ClO5S. The number of carboxylic acid groups (broad SMARTS) is 1. The molecule has 0 saturated heterocycles. The lowest BCUT2D eigenvalue weighted by Gasteiger charge is -2.10. The molecule has 1 aliphatic heterocycles. The lowest BCUT2D eigenvalue weighted by Crippen LogP contribution is -2.08. The third kappa shape index (κ3) is 4.03. The van der Waals surface area contributed by atoms with Crippen LogP contribution in [0.5, 0.6) is 5.75 Å². The van der Waals surface area contributed by atoms with Crippen molar-refractivity contribution in [3.63, 3.8) is 0 Å². The summed E-state index contributed by atoms with van der Waals surface area (Å²) >= 11 is 5.84. The summed E-state index contributed by atoms with van der Waals surface area (Å²) in [6.07, 6.45) is 1.38. The van der Waals surface area contributed by atoms with Gasteiger partial charge in [-0.3, -0.25) is 0 Å². The molecule has 0 aliphatic carbocycles. The Morgan fingerprint density at radius 3 is 2.56 bits per heavy atom. The number of carbonyl (C=O) groups is 1. The second-order valence-corrected chi connectivity index (χ2v) is 8.17. The number of aliphatic carboxylic acids is 1. The van der Waals surface area contributed by atoms with Gasteiger partial charge in [0.1, 0.15) is 12.4 Å². The van der Waals surface area contributed by atoms with Gasteiger partial charge < -0.3 is 9.84 Å². The van der Waals surface area contributed by atoms with Crippen LogP contribution >= 0.6 is 11.6 Å². The Labute approximate surface area is 150 Å². The number of hydrogen-bond acceptors (Lipinski definition) is 4. The highest BCUT2D eigenvalue weighted by Crippen LogP contribution is 2.29. The van der Waals surface area contributed by atoms with Gasteiger partial charge in [0.2, 0.25) is 0 Å².